The molecule has 1 aromatic heterocycles. The minimum Gasteiger partial charge on any atom is -0.478 e. The number of hydrogen-bond donors (Lipinski definition) is 1. The minimum absolute atomic E-state index is 0.204. The van der Waals surface area contributed by atoms with E-state index >= 15 is 0 Å². The van der Waals surface area contributed by atoms with Crippen LogP contribution in [0.3, 0.4) is 0 Å². The van der Waals surface area contributed by atoms with Gasteiger partial charge in [-0.1, -0.05) is 24.4 Å². The van der Waals surface area contributed by atoms with Gasteiger partial charge in [0.15, 0.2) is 0 Å². The molecular weight excluding hydrogens is 228 g/mol. The molecule has 88 valence electrons. The number of aromatic carboxylic acids is 1. The Labute approximate surface area is 99.2 Å². The fourth-order valence-electron chi connectivity index (χ4n) is 2.35. The minimum atomic E-state index is -0.966. The van der Waals surface area contributed by atoms with Crippen molar-refractivity contribution >= 4 is 17.6 Å². The van der Waals surface area contributed by atoms with E-state index in [-0.39, 0.29) is 16.6 Å². The maximum absolute atomic E-state index is 11.2. The lowest BCUT2D eigenvalue weighted by Gasteiger charge is -2.05. The Kier molecular flexibility index (Phi) is 3.19. The van der Waals surface area contributed by atoms with E-state index in [9.17, 15) is 9.90 Å². The molecule has 0 spiro atoms. The Balaban J connectivity index is 2.46. The number of aromatic nitrogens is 2. The maximum Gasteiger partial charge on any atom is 0.340 e. The zero-order valence-electron chi connectivity index (χ0n) is 9.24. The molecule has 1 aliphatic carbocycles. The summed E-state index contributed by atoms with van der Waals surface area (Å²) in [6, 6.07) is 0. The molecule has 0 radical (unpaired) electrons. The second kappa shape index (κ2) is 4.45. The van der Waals surface area contributed by atoms with E-state index in [4.69, 9.17) is 11.6 Å². The topological polar surface area (TPSA) is 55.1 Å². The third-order valence-corrected chi connectivity index (χ3v) is 3.56. The Morgan fingerprint density at radius 2 is 2.19 bits per heavy atom. The third-order valence-electron chi connectivity index (χ3n) is 3.17. The van der Waals surface area contributed by atoms with Gasteiger partial charge in [-0.25, -0.2) is 4.79 Å². The summed E-state index contributed by atoms with van der Waals surface area (Å²) in [7, 11) is 0. The molecule has 16 heavy (non-hydrogen) atoms. The first-order valence-electron chi connectivity index (χ1n) is 5.64. The largest absolute Gasteiger partial charge is 0.478 e. The quantitative estimate of drug-likeness (QED) is 0.887. The smallest absolute Gasteiger partial charge is 0.340 e. The Hall–Kier alpha value is -1.03. The van der Waals surface area contributed by atoms with Crippen molar-refractivity contribution in [2.24, 2.45) is 0 Å². The van der Waals surface area contributed by atoms with Crippen molar-refractivity contribution in [2.45, 2.75) is 45.1 Å². The van der Waals surface area contributed by atoms with E-state index in [1.54, 1.807) is 4.68 Å². The fraction of sp³-hybridized carbons (Fsp3) is 0.636. The summed E-state index contributed by atoms with van der Waals surface area (Å²) < 4.78 is 1.57. The molecule has 0 amide bonds. The number of carbonyl (C=O) groups is 1. The molecule has 0 saturated heterocycles. The van der Waals surface area contributed by atoms with E-state index in [1.165, 1.54) is 0 Å². The van der Waals surface area contributed by atoms with E-state index in [1.807, 2.05) is 6.92 Å². The molecule has 0 unspecified atom stereocenters. The lowest BCUT2D eigenvalue weighted by atomic mass is 10.0. The number of carboxylic acid groups (broad SMARTS) is 1. The first-order chi connectivity index (χ1) is 7.65. The van der Waals surface area contributed by atoms with Crippen molar-refractivity contribution in [3.63, 3.8) is 0 Å². The van der Waals surface area contributed by atoms with Gasteiger partial charge in [-0.05, 0) is 19.8 Å². The average molecular weight is 243 g/mol. The highest BCUT2D eigenvalue weighted by atomic mass is 35.5. The van der Waals surface area contributed by atoms with Gasteiger partial charge in [-0.3, -0.25) is 4.68 Å². The van der Waals surface area contributed by atoms with Crippen LogP contribution in [0.2, 0.25) is 5.15 Å². The van der Waals surface area contributed by atoms with Crippen LogP contribution in [-0.4, -0.2) is 20.9 Å². The van der Waals surface area contributed by atoms with Crippen LogP contribution >= 0.6 is 11.6 Å². The normalized spacial score (nSPS) is 16.9. The second-order valence-electron chi connectivity index (χ2n) is 4.15. The summed E-state index contributed by atoms with van der Waals surface area (Å²) in [4.78, 5) is 11.2. The van der Waals surface area contributed by atoms with Gasteiger partial charge in [0, 0.05) is 12.5 Å². The van der Waals surface area contributed by atoms with Crippen molar-refractivity contribution in [3.8, 4) is 0 Å². The predicted molar refractivity (Wildman–Crippen MR) is 61.1 cm³/mol. The summed E-state index contributed by atoms with van der Waals surface area (Å²) in [5.41, 5.74) is 0.882. The lowest BCUT2D eigenvalue weighted by Crippen LogP contribution is -2.04. The molecule has 4 nitrogen and oxygen atoms in total. The van der Waals surface area contributed by atoms with Crippen molar-refractivity contribution < 1.29 is 9.90 Å². The molecule has 5 heteroatoms. The van der Waals surface area contributed by atoms with Gasteiger partial charge in [-0.15, -0.1) is 0 Å². The Morgan fingerprint density at radius 1 is 1.56 bits per heavy atom. The Bertz CT molecular complexity index is 408. The van der Waals surface area contributed by atoms with E-state index in [0.717, 1.165) is 25.7 Å². The highest BCUT2D eigenvalue weighted by Gasteiger charge is 2.29. The van der Waals surface area contributed by atoms with Crippen molar-refractivity contribution in [1.82, 2.24) is 9.78 Å². The molecule has 1 fully saturated rings. The number of nitrogens with zero attached hydrogens (tertiary/aromatic N) is 2. The van der Waals surface area contributed by atoms with Crippen molar-refractivity contribution in [3.05, 3.63) is 16.4 Å². The van der Waals surface area contributed by atoms with Gasteiger partial charge in [0.2, 0.25) is 0 Å². The van der Waals surface area contributed by atoms with Crippen LogP contribution in [0.4, 0.5) is 0 Å². The first-order valence-corrected chi connectivity index (χ1v) is 6.02. The highest BCUT2D eigenvalue weighted by Crippen LogP contribution is 2.37. The van der Waals surface area contributed by atoms with Gasteiger partial charge in [0.25, 0.3) is 0 Å². The molecule has 1 saturated carbocycles. The molecule has 0 atom stereocenters. The van der Waals surface area contributed by atoms with Gasteiger partial charge in [-0.2, -0.15) is 5.10 Å². The summed E-state index contributed by atoms with van der Waals surface area (Å²) in [6.07, 6.45) is 4.36. The van der Waals surface area contributed by atoms with Crippen LogP contribution in [0.1, 0.15) is 54.6 Å². The highest BCUT2D eigenvalue weighted by molar-refractivity contribution is 6.32. The summed E-state index contributed by atoms with van der Waals surface area (Å²) >= 11 is 6.02. The zero-order valence-corrected chi connectivity index (χ0v) is 10.00. The second-order valence-corrected chi connectivity index (χ2v) is 4.51. The number of rotatable bonds is 3. The van der Waals surface area contributed by atoms with E-state index in [2.05, 4.69) is 5.10 Å². The molecular formula is C11H15ClN2O2. The van der Waals surface area contributed by atoms with Crippen LogP contribution in [0, 0.1) is 0 Å². The maximum atomic E-state index is 11.2. The van der Waals surface area contributed by atoms with Crippen LogP contribution in [0.25, 0.3) is 0 Å². The van der Waals surface area contributed by atoms with Gasteiger partial charge in [0.1, 0.15) is 10.7 Å². The standard InChI is InChI=1S/C11H15ClN2O2/c1-2-14-10(12)8(11(15)16)9(13-14)7-5-3-4-6-7/h7H,2-6H2,1H3,(H,15,16). The molecule has 1 aliphatic rings. The monoisotopic (exact) mass is 242 g/mol. The lowest BCUT2D eigenvalue weighted by molar-refractivity contribution is 0.0695. The van der Waals surface area contributed by atoms with Gasteiger partial charge < -0.3 is 5.11 Å². The summed E-state index contributed by atoms with van der Waals surface area (Å²) in [6.45, 7) is 2.51. The van der Waals surface area contributed by atoms with Crippen LogP contribution < -0.4 is 0 Å². The predicted octanol–water partition coefficient (Wildman–Crippen LogP) is 2.91. The van der Waals surface area contributed by atoms with Crippen LogP contribution in [-0.2, 0) is 6.54 Å². The van der Waals surface area contributed by atoms with Crippen molar-refractivity contribution in [1.29, 1.82) is 0 Å². The summed E-state index contributed by atoms with van der Waals surface area (Å²) in [5.74, 6) is -0.692. The average Bonchev–Trinajstić information content (AvgIpc) is 2.83. The molecule has 1 heterocycles. The first kappa shape index (κ1) is 11.5. The SMILES string of the molecule is CCn1nc(C2CCCC2)c(C(=O)O)c1Cl. The van der Waals surface area contributed by atoms with Crippen LogP contribution in [0.15, 0.2) is 0 Å². The van der Waals surface area contributed by atoms with Gasteiger partial charge >= 0.3 is 5.97 Å². The molecule has 1 aromatic rings. The molecule has 1 N–H and O–H groups in total. The third kappa shape index (κ3) is 1.82. The molecule has 0 aliphatic heterocycles. The van der Waals surface area contributed by atoms with Gasteiger partial charge in [0.05, 0.1) is 5.69 Å². The fourth-order valence-corrected chi connectivity index (χ4v) is 2.69. The number of hydrogen-bond acceptors (Lipinski definition) is 2. The zero-order chi connectivity index (χ0) is 11.7. The Morgan fingerprint density at radius 3 is 2.69 bits per heavy atom. The molecule has 0 aromatic carbocycles. The number of halogens is 1. The van der Waals surface area contributed by atoms with Crippen molar-refractivity contribution in [2.75, 3.05) is 0 Å². The number of carboxylic acids is 1. The van der Waals surface area contributed by atoms with E-state index < -0.39 is 5.97 Å². The molecule has 2 rings (SSSR count). The summed E-state index contributed by atoms with van der Waals surface area (Å²) in [5, 5.41) is 13.8. The number of aryl methyl sites for hydroxylation is 1. The molecule has 0 bridgehead atoms. The van der Waals surface area contributed by atoms with Crippen LogP contribution in [0.5, 0.6) is 0 Å². The van der Waals surface area contributed by atoms with E-state index in [0.29, 0.717) is 12.2 Å².